The number of ether oxygens (including phenoxy) is 1. The van der Waals surface area contributed by atoms with Gasteiger partial charge in [-0.2, -0.15) is 0 Å². The van der Waals surface area contributed by atoms with Crippen molar-refractivity contribution >= 4 is 56.7 Å². The Kier molecular flexibility index (Phi) is 6.04. The first-order chi connectivity index (χ1) is 12.6. The Labute approximate surface area is 172 Å². The summed E-state index contributed by atoms with van der Waals surface area (Å²) in [6.45, 7) is 2.39. The third kappa shape index (κ3) is 3.95. The topological polar surface area (TPSA) is 59.4 Å². The second kappa shape index (κ2) is 8.29. The molecule has 0 unspecified atom stereocenters. The molecular weight excluding hydrogens is 432 g/mol. The van der Waals surface area contributed by atoms with Gasteiger partial charge < -0.3 is 19.5 Å². The number of carbonyl (C=O) groups excluding carboxylic acids is 1. The van der Waals surface area contributed by atoms with Gasteiger partial charge in [-0.05, 0) is 24.3 Å². The number of benzene rings is 1. The summed E-state index contributed by atoms with van der Waals surface area (Å²) in [6.07, 6.45) is 3.62. The van der Waals surface area contributed by atoms with E-state index in [0.29, 0.717) is 31.9 Å². The SMILES string of the molecule is Cl.Cn1ccc2c(Nc3cccc(Br)c3)ncc(C(=O)N3CCOCC3)c21. The average molecular weight is 452 g/mol. The van der Waals surface area contributed by atoms with Gasteiger partial charge in [-0.25, -0.2) is 4.98 Å². The number of hydrogen-bond donors (Lipinski definition) is 1. The van der Waals surface area contributed by atoms with Crippen LogP contribution >= 0.6 is 28.3 Å². The number of aryl methyl sites for hydroxylation is 1. The van der Waals surface area contributed by atoms with E-state index >= 15 is 0 Å². The Hall–Kier alpha value is -2.09. The predicted molar refractivity (Wildman–Crippen MR) is 112 cm³/mol. The lowest BCUT2D eigenvalue weighted by atomic mass is 10.1. The average Bonchev–Trinajstić information content (AvgIpc) is 3.05. The van der Waals surface area contributed by atoms with Crippen molar-refractivity contribution in [2.24, 2.45) is 7.05 Å². The van der Waals surface area contributed by atoms with Crippen molar-refractivity contribution in [1.82, 2.24) is 14.5 Å². The van der Waals surface area contributed by atoms with E-state index in [4.69, 9.17) is 4.74 Å². The zero-order chi connectivity index (χ0) is 18.1. The van der Waals surface area contributed by atoms with Crippen LogP contribution in [0.1, 0.15) is 10.4 Å². The smallest absolute Gasteiger partial charge is 0.257 e. The summed E-state index contributed by atoms with van der Waals surface area (Å²) in [6, 6.07) is 9.89. The zero-order valence-corrected chi connectivity index (χ0v) is 17.2. The van der Waals surface area contributed by atoms with Gasteiger partial charge in [0.2, 0.25) is 0 Å². The van der Waals surface area contributed by atoms with Gasteiger partial charge in [-0.3, -0.25) is 4.79 Å². The maximum Gasteiger partial charge on any atom is 0.257 e. The number of amides is 1. The summed E-state index contributed by atoms with van der Waals surface area (Å²) in [5.41, 5.74) is 2.44. The van der Waals surface area contributed by atoms with E-state index in [2.05, 4.69) is 26.2 Å². The van der Waals surface area contributed by atoms with Crippen molar-refractivity contribution in [3.63, 3.8) is 0 Å². The molecule has 4 rings (SSSR count). The number of aromatic nitrogens is 2. The van der Waals surface area contributed by atoms with Gasteiger partial charge in [0.25, 0.3) is 5.91 Å². The summed E-state index contributed by atoms with van der Waals surface area (Å²) < 4.78 is 8.31. The Balaban J connectivity index is 0.00000210. The number of nitrogens with zero attached hydrogens (tertiary/aromatic N) is 3. The van der Waals surface area contributed by atoms with Gasteiger partial charge in [0, 0.05) is 48.1 Å². The molecule has 2 aromatic heterocycles. The normalized spacial score (nSPS) is 14.1. The van der Waals surface area contributed by atoms with Crippen molar-refractivity contribution in [3.05, 3.63) is 52.8 Å². The molecular formula is C19H20BrClN4O2. The molecule has 1 fully saturated rings. The molecule has 8 heteroatoms. The molecule has 0 saturated carbocycles. The first-order valence-corrected chi connectivity index (χ1v) is 9.26. The van der Waals surface area contributed by atoms with Crippen LogP contribution in [0.15, 0.2) is 47.2 Å². The van der Waals surface area contributed by atoms with Crippen LogP contribution in [0.2, 0.25) is 0 Å². The summed E-state index contributed by atoms with van der Waals surface area (Å²) in [4.78, 5) is 19.3. The lowest BCUT2D eigenvalue weighted by Crippen LogP contribution is -2.40. The maximum absolute atomic E-state index is 13.0. The number of morpholine rings is 1. The summed E-state index contributed by atoms with van der Waals surface area (Å²) in [5.74, 6) is 0.735. The maximum atomic E-state index is 13.0. The van der Waals surface area contributed by atoms with Crippen LogP contribution in [0.3, 0.4) is 0 Å². The minimum atomic E-state index is 0. The highest BCUT2D eigenvalue weighted by molar-refractivity contribution is 9.10. The molecule has 3 aromatic rings. The number of halogens is 2. The first kappa shape index (κ1) is 19.7. The second-order valence-electron chi connectivity index (χ2n) is 6.25. The zero-order valence-electron chi connectivity index (χ0n) is 14.8. The highest BCUT2D eigenvalue weighted by atomic mass is 79.9. The Morgan fingerprint density at radius 2 is 2.04 bits per heavy atom. The number of rotatable bonds is 3. The van der Waals surface area contributed by atoms with Crippen molar-refractivity contribution in [2.75, 3.05) is 31.6 Å². The van der Waals surface area contributed by atoms with E-state index in [1.165, 1.54) is 0 Å². The molecule has 0 aliphatic carbocycles. The van der Waals surface area contributed by atoms with Gasteiger partial charge in [0.05, 0.1) is 24.3 Å². The van der Waals surface area contributed by atoms with E-state index in [-0.39, 0.29) is 18.3 Å². The molecule has 0 spiro atoms. The molecule has 1 aliphatic rings. The summed E-state index contributed by atoms with van der Waals surface area (Å²) in [7, 11) is 1.95. The number of nitrogens with one attached hydrogen (secondary N) is 1. The molecule has 1 aliphatic heterocycles. The van der Waals surface area contributed by atoms with Crippen LogP contribution in [0.5, 0.6) is 0 Å². The molecule has 1 amide bonds. The number of carbonyl (C=O) groups is 1. The second-order valence-corrected chi connectivity index (χ2v) is 7.17. The molecule has 142 valence electrons. The van der Waals surface area contributed by atoms with E-state index in [1.807, 2.05) is 53.0 Å². The molecule has 27 heavy (non-hydrogen) atoms. The van der Waals surface area contributed by atoms with Gasteiger partial charge >= 0.3 is 0 Å². The molecule has 1 N–H and O–H groups in total. The molecule has 0 radical (unpaired) electrons. The highest BCUT2D eigenvalue weighted by Gasteiger charge is 2.23. The van der Waals surface area contributed by atoms with E-state index in [0.717, 1.165) is 26.9 Å². The van der Waals surface area contributed by atoms with Crippen LogP contribution in [-0.2, 0) is 11.8 Å². The van der Waals surface area contributed by atoms with Crippen molar-refractivity contribution < 1.29 is 9.53 Å². The van der Waals surface area contributed by atoms with Crippen molar-refractivity contribution in [2.45, 2.75) is 0 Å². The minimum absolute atomic E-state index is 0. The highest BCUT2D eigenvalue weighted by Crippen LogP contribution is 2.29. The molecule has 3 heterocycles. The minimum Gasteiger partial charge on any atom is -0.378 e. The predicted octanol–water partition coefficient (Wildman–Crippen LogP) is 3.97. The Morgan fingerprint density at radius 1 is 1.26 bits per heavy atom. The van der Waals surface area contributed by atoms with Crippen LogP contribution in [-0.4, -0.2) is 46.7 Å². The largest absolute Gasteiger partial charge is 0.378 e. The Bertz CT molecular complexity index is 969. The van der Waals surface area contributed by atoms with Crippen LogP contribution in [0, 0.1) is 0 Å². The molecule has 0 bridgehead atoms. The van der Waals surface area contributed by atoms with Gasteiger partial charge in [-0.15, -0.1) is 12.4 Å². The van der Waals surface area contributed by atoms with Crippen LogP contribution in [0.25, 0.3) is 10.9 Å². The van der Waals surface area contributed by atoms with E-state index < -0.39 is 0 Å². The molecule has 1 saturated heterocycles. The lowest BCUT2D eigenvalue weighted by Gasteiger charge is -2.27. The number of pyridine rings is 1. The van der Waals surface area contributed by atoms with Crippen LogP contribution < -0.4 is 5.32 Å². The fourth-order valence-electron chi connectivity index (χ4n) is 3.21. The lowest BCUT2D eigenvalue weighted by molar-refractivity contribution is 0.0303. The number of hydrogen-bond acceptors (Lipinski definition) is 4. The summed E-state index contributed by atoms with van der Waals surface area (Å²) >= 11 is 3.48. The Morgan fingerprint density at radius 3 is 2.78 bits per heavy atom. The monoisotopic (exact) mass is 450 g/mol. The number of anilines is 2. The van der Waals surface area contributed by atoms with Gasteiger partial charge in [0.15, 0.2) is 0 Å². The van der Waals surface area contributed by atoms with Crippen LogP contribution in [0.4, 0.5) is 11.5 Å². The standard InChI is InChI=1S/C19H19BrN4O2.ClH/c1-23-6-5-15-17(23)16(19(25)24-7-9-26-10-8-24)12-21-18(15)22-14-4-2-3-13(20)11-14;/h2-6,11-12H,7-10H2,1H3,(H,21,22);1H. The van der Waals surface area contributed by atoms with Crippen molar-refractivity contribution in [3.8, 4) is 0 Å². The fourth-order valence-corrected chi connectivity index (χ4v) is 3.61. The first-order valence-electron chi connectivity index (χ1n) is 8.47. The quantitative estimate of drug-likeness (QED) is 0.654. The number of fused-ring (bicyclic) bond motifs is 1. The van der Waals surface area contributed by atoms with E-state index in [9.17, 15) is 4.79 Å². The third-order valence-electron chi connectivity index (χ3n) is 4.52. The molecule has 1 aromatic carbocycles. The van der Waals surface area contributed by atoms with Gasteiger partial charge in [-0.1, -0.05) is 22.0 Å². The van der Waals surface area contributed by atoms with Crippen molar-refractivity contribution in [1.29, 1.82) is 0 Å². The van der Waals surface area contributed by atoms with E-state index in [1.54, 1.807) is 6.20 Å². The molecule has 6 nitrogen and oxygen atoms in total. The summed E-state index contributed by atoms with van der Waals surface area (Å²) in [5, 5.41) is 4.27. The molecule has 0 atom stereocenters. The van der Waals surface area contributed by atoms with Gasteiger partial charge in [0.1, 0.15) is 5.82 Å². The third-order valence-corrected chi connectivity index (χ3v) is 5.01. The fraction of sp³-hybridized carbons (Fsp3) is 0.263.